The lowest BCUT2D eigenvalue weighted by atomic mass is 9.76. The minimum atomic E-state index is 0.0868. The van der Waals surface area contributed by atoms with Gasteiger partial charge in [-0.25, -0.2) is 0 Å². The highest BCUT2D eigenvalue weighted by Gasteiger charge is 2.47. The minimum Gasteiger partial charge on any atom is -0.378 e. The molecule has 3 aliphatic heterocycles. The van der Waals surface area contributed by atoms with Gasteiger partial charge >= 0.3 is 0 Å². The monoisotopic (exact) mass is 309 g/mol. The third-order valence-electron chi connectivity index (χ3n) is 5.94. The van der Waals surface area contributed by atoms with Crippen LogP contribution in [0.2, 0.25) is 0 Å². The topological polar surface area (TPSA) is 36.0 Å². The second-order valence-corrected chi connectivity index (χ2v) is 7.70. The Morgan fingerprint density at radius 2 is 1.77 bits per heavy atom. The predicted molar refractivity (Wildman–Crippen MR) is 86.8 cm³/mol. The molecule has 1 unspecified atom stereocenters. The lowest BCUT2D eigenvalue weighted by Crippen LogP contribution is -2.48. The fourth-order valence-corrected chi connectivity index (χ4v) is 4.42. The third-order valence-corrected chi connectivity index (χ3v) is 5.94. The number of likely N-dealkylation sites (N-methyl/N-ethyl adjacent to an activating group) is 1. The molecule has 3 rings (SSSR count). The van der Waals surface area contributed by atoms with Crippen LogP contribution in [0.5, 0.6) is 0 Å². The molecule has 0 N–H and O–H groups in total. The Labute approximate surface area is 134 Å². The minimum absolute atomic E-state index is 0.0868. The van der Waals surface area contributed by atoms with Crippen molar-refractivity contribution in [2.45, 2.75) is 45.2 Å². The van der Waals surface area contributed by atoms with E-state index < -0.39 is 0 Å². The number of carbonyl (C=O) groups excluding carboxylic acids is 1. The Hall–Kier alpha value is -0.650. The molecule has 0 radical (unpaired) electrons. The predicted octanol–water partition coefficient (Wildman–Crippen LogP) is 1.04. The normalized spacial score (nSPS) is 30.4. The number of amides is 1. The van der Waals surface area contributed by atoms with Crippen molar-refractivity contribution < 1.29 is 9.53 Å². The van der Waals surface area contributed by atoms with Crippen molar-refractivity contribution in [3.05, 3.63) is 0 Å². The van der Waals surface area contributed by atoms with Gasteiger partial charge in [0.15, 0.2) is 0 Å². The molecule has 3 saturated heterocycles. The van der Waals surface area contributed by atoms with Crippen LogP contribution in [0.15, 0.2) is 0 Å². The molecule has 0 aromatic carbocycles. The maximum atomic E-state index is 12.8. The summed E-state index contributed by atoms with van der Waals surface area (Å²) in [5.41, 5.74) is 0.368. The molecule has 5 nitrogen and oxygen atoms in total. The Morgan fingerprint density at radius 3 is 2.36 bits per heavy atom. The summed E-state index contributed by atoms with van der Waals surface area (Å²) in [6.45, 7) is 10.9. The van der Waals surface area contributed by atoms with E-state index in [2.05, 4.69) is 30.7 Å². The number of ether oxygens (including phenoxy) is 1. The zero-order valence-corrected chi connectivity index (χ0v) is 14.4. The summed E-state index contributed by atoms with van der Waals surface area (Å²) >= 11 is 0. The van der Waals surface area contributed by atoms with E-state index in [0.29, 0.717) is 30.6 Å². The Bertz CT molecular complexity index is 399. The zero-order chi connectivity index (χ0) is 15.7. The molecule has 3 fully saturated rings. The number of carbonyl (C=O) groups is 1. The Morgan fingerprint density at radius 1 is 1.14 bits per heavy atom. The van der Waals surface area contributed by atoms with Gasteiger partial charge < -0.3 is 14.5 Å². The zero-order valence-electron chi connectivity index (χ0n) is 14.4. The van der Waals surface area contributed by atoms with Crippen LogP contribution in [0.1, 0.15) is 33.1 Å². The second-order valence-electron chi connectivity index (χ2n) is 7.70. The van der Waals surface area contributed by atoms with E-state index in [1.165, 1.54) is 25.9 Å². The van der Waals surface area contributed by atoms with Gasteiger partial charge in [-0.15, -0.1) is 0 Å². The Balaban J connectivity index is 1.61. The SMILES string of the molecule is CC(C)N1CCC2(CC1)CC(C(=O)N1CCOCC1)N(C)C2. The highest BCUT2D eigenvalue weighted by atomic mass is 16.5. The number of likely N-dealkylation sites (tertiary alicyclic amines) is 2. The van der Waals surface area contributed by atoms with Crippen molar-refractivity contribution in [1.82, 2.24) is 14.7 Å². The highest BCUT2D eigenvalue weighted by molar-refractivity contribution is 5.82. The summed E-state index contributed by atoms with van der Waals surface area (Å²) in [7, 11) is 2.13. The van der Waals surface area contributed by atoms with Gasteiger partial charge in [-0.3, -0.25) is 9.69 Å². The van der Waals surface area contributed by atoms with Crippen LogP contribution in [0.25, 0.3) is 0 Å². The van der Waals surface area contributed by atoms with Crippen LogP contribution in [0.3, 0.4) is 0 Å². The molecule has 3 aliphatic rings. The van der Waals surface area contributed by atoms with Gasteiger partial charge in [0, 0.05) is 25.7 Å². The quantitative estimate of drug-likeness (QED) is 0.764. The van der Waals surface area contributed by atoms with Gasteiger partial charge in [-0.05, 0) is 58.7 Å². The first kappa shape index (κ1) is 16.2. The maximum absolute atomic E-state index is 12.8. The summed E-state index contributed by atoms with van der Waals surface area (Å²) in [6, 6.07) is 0.728. The van der Waals surface area contributed by atoms with Crippen molar-refractivity contribution in [3.63, 3.8) is 0 Å². The van der Waals surface area contributed by atoms with Crippen LogP contribution >= 0.6 is 0 Å². The molecule has 1 amide bonds. The number of morpholine rings is 1. The van der Waals surface area contributed by atoms with E-state index in [1.807, 2.05) is 4.90 Å². The van der Waals surface area contributed by atoms with Gasteiger partial charge in [0.25, 0.3) is 0 Å². The molecular formula is C17H31N3O2. The molecular weight excluding hydrogens is 278 g/mol. The van der Waals surface area contributed by atoms with Crippen LogP contribution in [0, 0.1) is 5.41 Å². The lowest BCUT2D eigenvalue weighted by Gasteiger charge is -2.41. The van der Waals surface area contributed by atoms with E-state index in [-0.39, 0.29) is 6.04 Å². The van der Waals surface area contributed by atoms with Crippen molar-refractivity contribution in [1.29, 1.82) is 0 Å². The summed E-state index contributed by atoms with van der Waals surface area (Å²) in [5, 5.41) is 0. The number of hydrogen-bond donors (Lipinski definition) is 0. The van der Waals surface area contributed by atoms with Gasteiger partial charge in [-0.2, -0.15) is 0 Å². The molecule has 0 aromatic heterocycles. The van der Waals surface area contributed by atoms with E-state index in [9.17, 15) is 4.79 Å². The number of nitrogens with zero attached hydrogens (tertiary/aromatic N) is 3. The largest absolute Gasteiger partial charge is 0.378 e. The van der Waals surface area contributed by atoms with Gasteiger partial charge in [-0.1, -0.05) is 0 Å². The van der Waals surface area contributed by atoms with Crippen LogP contribution in [-0.2, 0) is 9.53 Å². The highest BCUT2D eigenvalue weighted by Crippen LogP contribution is 2.43. The molecule has 5 heteroatoms. The van der Waals surface area contributed by atoms with Crippen LogP contribution < -0.4 is 0 Å². The van der Waals surface area contributed by atoms with Crippen molar-refractivity contribution in [2.24, 2.45) is 5.41 Å². The molecule has 0 saturated carbocycles. The molecule has 0 aromatic rings. The number of piperidine rings is 1. The summed E-state index contributed by atoms with van der Waals surface area (Å²) in [4.78, 5) is 19.7. The summed E-state index contributed by atoms with van der Waals surface area (Å²) in [6.07, 6.45) is 3.52. The summed E-state index contributed by atoms with van der Waals surface area (Å²) < 4.78 is 5.37. The van der Waals surface area contributed by atoms with Gasteiger partial charge in [0.1, 0.15) is 0 Å². The van der Waals surface area contributed by atoms with Crippen molar-refractivity contribution in [3.8, 4) is 0 Å². The number of hydrogen-bond acceptors (Lipinski definition) is 4. The first-order valence-corrected chi connectivity index (χ1v) is 8.82. The number of rotatable bonds is 2. The van der Waals surface area contributed by atoms with Crippen LogP contribution in [0.4, 0.5) is 0 Å². The average molecular weight is 309 g/mol. The lowest BCUT2D eigenvalue weighted by molar-refractivity contribution is -0.139. The maximum Gasteiger partial charge on any atom is 0.240 e. The van der Waals surface area contributed by atoms with Gasteiger partial charge in [0.05, 0.1) is 19.3 Å². The molecule has 0 aliphatic carbocycles. The summed E-state index contributed by atoms with van der Waals surface area (Å²) in [5.74, 6) is 0.328. The molecule has 1 atom stereocenters. The van der Waals surface area contributed by atoms with E-state index in [4.69, 9.17) is 4.74 Å². The molecule has 1 spiro atoms. The fourth-order valence-electron chi connectivity index (χ4n) is 4.42. The van der Waals surface area contributed by atoms with E-state index >= 15 is 0 Å². The van der Waals surface area contributed by atoms with Crippen molar-refractivity contribution >= 4 is 5.91 Å². The first-order valence-electron chi connectivity index (χ1n) is 8.82. The van der Waals surface area contributed by atoms with Crippen molar-refractivity contribution in [2.75, 3.05) is 53.0 Å². The van der Waals surface area contributed by atoms with E-state index in [1.54, 1.807) is 0 Å². The van der Waals surface area contributed by atoms with Gasteiger partial charge in [0.2, 0.25) is 5.91 Å². The molecule has 3 heterocycles. The molecule has 126 valence electrons. The van der Waals surface area contributed by atoms with E-state index in [0.717, 1.165) is 26.1 Å². The molecule has 0 bridgehead atoms. The fraction of sp³-hybridized carbons (Fsp3) is 0.941. The third kappa shape index (κ3) is 3.17. The van der Waals surface area contributed by atoms with Crippen LogP contribution in [-0.4, -0.2) is 85.7 Å². The molecule has 22 heavy (non-hydrogen) atoms. The first-order chi connectivity index (χ1) is 10.5. The standard InChI is InChI=1S/C17H31N3O2/c1-14(2)19-6-4-17(5-7-19)12-15(18(3)13-17)16(21)20-8-10-22-11-9-20/h14-15H,4-13H2,1-3H3. The second kappa shape index (κ2) is 6.46. The average Bonchev–Trinajstić information content (AvgIpc) is 2.84. The smallest absolute Gasteiger partial charge is 0.240 e. The Kier molecular flexibility index (Phi) is 4.76.